The van der Waals surface area contributed by atoms with Gasteiger partial charge in [0.25, 0.3) is 5.91 Å². The first-order chi connectivity index (χ1) is 15.5. The average molecular weight is 444 g/mol. The van der Waals surface area contributed by atoms with Crippen LogP contribution in [0.2, 0.25) is 0 Å². The molecule has 3 rings (SSSR count). The van der Waals surface area contributed by atoms with E-state index in [4.69, 9.17) is 13.9 Å². The van der Waals surface area contributed by atoms with E-state index in [1.807, 2.05) is 25.1 Å². The van der Waals surface area contributed by atoms with E-state index in [9.17, 15) is 4.79 Å². The third-order valence-corrected chi connectivity index (χ3v) is 5.45. The lowest BCUT2D eigenvalue weighted by Crippen LogP contribution is -2.45. The zero-order valence-corrected chi connectivity index (χ0v) is 19.2. The maximum atomic E-state index is 12.1. The van der Waals surface area contributed by atoms with Gasteiger partial charge in [0.15, 0.2) is 11.7 Å². The van der Waals surface area contributed by atoms with E-state index in [-0.39, 0.29) is 11.9 Å². The molecule has 9 nitrogen and oxygen atoms in total. The summed E-state index contributed by atoms with van der Waals surface area (Å²) < 4.78 is 16.0. The van der Waals surface area contributed by atoms with E-state index in [2.05, 4.69) is 25.8 Å². The molecule has 0 spiro atoms. The van der Waals surface area contributed by atoms with Crippen LogP contribution >= 0.6 is 0 Å². The van der Waals surface area contributed by atoms with E-state index in [1.165, 1.54) is 6.26 Å². The number of furan rings is 1. The Hall–Kier alpha value is -3.36. The van der Waals surface area contributed by atoms with Crippen molar-refractivity contribution in [3.63, 3.8) is 0 Å². The molecule has 1 aliphatic heterocycles. The van der Waals surface area contributed by atoms with Gasteiger partial charge >= 0.3 is 0 Å². The van der Waals surface area contributed by atoms with Crippen molar-refractivity contribution in [1.82, 2.24) is 16.0 Å². The molecule has 32 heavy (non-hydrogen) atoms. The second-order valence-corrected chi connectivity index (χ2v) is 7.69. The van der Waals surface area contributed by atoms with Gasteiger partial charge in [-0.25, -0.2) is 0 Å². The Morgan fingerprint density at radius 3 is 2.53 bits per heavy atom. The van der Waals surface area contributed by atoms with Crippen LogP contribution in [-0.2, 0) is 0 Å². The van der Waals surface area contributed by atoms with Gasteiger partial charge in [0.05, 0.1) is 20.5 Å². The molecule has 1 atom stereocenters. The van der Waals surface area contributed by atoms with Crippen LogP contribution in [-0.4, -0.2) is 65.4 Å². The maximum Gasteiger partial charge on any atom is 0.287 e. The van der Waals surface area contributed by atoms with Gasteiger partial charge in [0.1, 0.15) is 11.5 Å². The minimum Gasteiger partial charge on any atom is -0.497 e. The monoisotopic (exact) mass is 443 g/mol. The smallest absolute Gasteiger partial charge is 0.287 e. The molecular weight excluding hydrogens is 410 g/mol. The van der Waals surface area contributed by atoms with Crippen molar-refractivity contribution in [2.45, 2.75) is 25.8 Å². The lowest BCUT2D eigenvalue weighted by Gasteiger charge is -2.21. The number of carbonyl (C=O) groups excluding carboxylic acids is 1. The number of nitrogens with zero attached hydrogens (tertiary/aromatic N) is 2. The Morgan fingerprint density at radius 2 is 1.91 bits per heavy atom. The molecule has 1 aromatic carbocycles. The van der Waals surface area contributed by atoms with Crippen molar-refractivity contribution >= 4 is 17.6 Å². The van der Waals surface area contributed by atoms with Crippen molar-refractivity contribution in [2.24, 2.45) is 4.99 Å². The molecule has 3 N–H and O–H groups in total. The second kappa shape index (κ2) is 11.3. The number of guanidine groups is 1. The number of methoxy groups -OCH3 is 2. The fourth-order valence-electron chi connectivity index (χ4n) is 3.66. The lowest BCUT2D eigenvalue weighted by molar-refractivity contribution is 0.0925. The van der Waals surface area contributed by atoms with Crippen LogP contribution in [0.1, 0.15) is 29.0 Å². The predicted molar refractivity (Wildman–Crippen MR) is 125 cm³/mol. The van der Waals surface area contributed by atoms with Crippen LogP contribution in [0.5, 0.6) is 11.5 Å². The minimum absolute atomic E-state index is 0.185. The zero-order chi connectivity index (χ0) is 22.9. The third kappa shape index (κ3) is 6.09. The number of hydrogen-bond donors (Lipinski definition) is 3. The summed E-state index contributed by atoms with van der Waals surface area (Å²) in [5, 5.41) is 9.67. The highest BCUT2D eigenvalue weighted by Crippen LogP contribution is 2.30. The predicted octanol–water partition coefficient (Wildman–Crippen LogP) is 2.17. The molecule has 0 radical (unpaired) electrons. The SMILES string of the molecule is CN=C(NCCCNC(=O)c1occc1C)NC1CCN(c2cc(OC)cc(OC)c2)C1. The number of carbonyl (C=O) groups is 1. The Morgan fingerprint density at radius 1 is 1.19 bits per heavy atom. The summed E-state index contributed by atoms with van der Waals surface area (Å²) >= 11 is 0. The number of anilines is 1. The molecule has 1 aliphatic rings. The van der Waals surface area contributed by atoms with Gasteiger partial charge in [0, 0.05) is 68.7 Å². The van der Waals surface area contributed by atoms with Gasteiger partial charge in [0.2, 0.25) is 0 Å². The van der Waals surface area contributed by atoms with Crippen molar-refractivity contribution in [3.8, 4) is 11.5 Å². The normalized spacial score (nSPS) is 16.1. The first-order valence-corrected chi connectivity index (χ1v) is 10.8. The molecule has 0 bridgehead atoms. The quantitative estimate of drug-likeness (QED) is 0.310. The second-order valence-electron chi connectivity index (χ2n) is 7.69. The number of nitrogens with one attached hydrogen (secondary N) is 3. The lowest BCUT2D eigenvalue weighted by atomic mass is 10.2. The van der Waals surface area contributed by atoms with Crippen LogP contribution in [0, 0.1) is 6.92 Å². The molecule has 1 saturated heterocycles. The summed E-state index contributed by atoms with van der Waals surface area (Å²) in [6, 6.07) is 7.98. The van der Waals surface area contributed by atoms with Gasteiger partial charge in [-0.15, -0.1) is 0 Å². The Balaban J connectivity index is 1.41. The molecule has 2 aromatic rings. The third-order valence-electron chi connectivity index (χ3n) is 5.45. The Labute approximate surface area is 189 Å². The molecule has 1 aromatic heterocycles. The number of hydrogen-bond acceptors (Lipinski definition) is 6. The van der Waals surface area contributed by atoms with Crippen molar-refractivity contribution in [2.75, 3.05) is 52.3 Å². The summed E-state index contributed by atoms with van der Waals surface area (Å²) in [5.41, 5.74) is 1.92. The Bertz CT molecular complexity index is 905. The van der Waals surface area contributed by atoms with E-state index in [0.29, 0.717) is 18.8 Å². The van der Waals surface area contributed by atoms with E-state index < -0.39 is 0 Å². The topological polar surface area (TPSA) is 100 Å². The number of aliphatic imine (C=N–C) groups is 1. The summed E-state index contributed by atoms with van der Waals surface area (Å²) in [4.78, 5) is 18.7. The van der Waals surface area contributed by atoms with E-state index in [1.54, 1.807) is 27.3 Å². The Kier molecular flexibility index (Phi) is 8.24. The number of amides is 1. The summed E-state index contributed by atoms with van der Waals surface area (Å²) in [6.07, 6.45) is 3.29. The largest absolute Gasteiger partial charge is 0.497 e. The fraction of sp³-hybridized carbons (Fsp3) is 0.478. The first-order valence-electron chi connectivity index (χ1n) is 10.8. The zero-order valence-electron chi connectivity index (χ0n) is 19.2. The fourth-order valence-corrected chi connectivity index (χ4v) is 3.66. The number of rotatable bonds is 9. The van der Waals surface area contributed by atoms with Gasteiger partial charge in [-0.2, -0.15) is 0 Å². The van der Waals surface area contributed by atoms with Crippen LogP contribution < -0.4 is 30.3 Å². The first kappa shape index (κ1) is 23.3. The van der Waals surface area contributed by atoms with Crippen LogP contribution in [0.15, 0.2) is 39.9 Å². The highest BCUT2D eigenvalue weighted by molar-refractivity contribution is 5.92. The van der Waals surface area contributed by atoms with Crippen molar-refractivity contribution in [1.29, 1.82) is 0 Å². The molecule has 174 valence electrons. The van der Waals surface area contributed by atoms with Gasteiger partial charge in [-0.1, -0.05) is 0 Å². The van der Waals surface area contributed by atoms with Gasteiger partial charge < -0.3 is 34.7 Å². The summed E-state index contributed by atoms with van der Waals surface area (Å²) in [6.45, 7) is 4.89. The molecule has 0 saturated carbocycles. The van der Waals surface area contributed by atoms with Gasteiger partial charge in [-0.3, -0.25) is 9.79 Å². The van der Waals surface area contributed by atoms with Crippen LogP contribution in [0.4, 0.5) is 5.69 Å². The van der Waals surface area contributed by atoms with E-state index >= 15 is 0 Å². The van der Waals surface area contributed by atoms with Crippen molar-refractivity contribution < 1.29 is 18.7 Å². The van der Waals surface area contributed by atoms with Crippen LogP contribution in [0.25, 0.3) is 0 Å². The van der Waals surface area contributed by atoms with Crippen molar-refractivity contribution in [3.05, 3.63) is 41.9 Å². The molecule has 1 fully saturated rings. The minimum atomic E-state index is -0.185. The highest BCUT2D eigenvalue weighted by atomic mass is 16.5. The van der Waals surface area contributed by atoms with E-state index in [0.717, 1.165) is 54.6 Å². The molecule has 1 unspecified atom stereocenters. The maximum absolute atomic E-state index is 12.1. The molecule has 1 amide bonds. The number of ether oxygens (including phenoxy) is 2. The molecule has 0 aliphatic carbocycles. The standard InChI is InChI=1S/C23H33N5O4/c1-16-7-11-32-21(16)22(29)25-8-5-9-26-23(24-2)27-17-6-10-28(15-17)18-12-19(30-3)14-20(13-18)31-4/h7,11-14,17H,5-6,8-10,15H2,1-4H3,(H,25,29)(H2,24,26,27). The molecule has 9 heteroatoms. The molecular formula is C23H33N5O4. The summed E-state index contributed by atoms with van der Waals surface area (Å²) in [7, 11) is 5.08. The molecule has 2 heterocycles. The highest BCUT2D eigenvalue weighted by Gasteiger charge is 2.24. The average Bonchev–Trinajstić information content (AvgIpc) is 3.46. The van der Waals surface area contributed by atoms with Crippen LogP contribution in [0.3, 0.4) is 0 Å². The number of aryl methyl sites for hydroxylation is 1. The van der Waals surface area contributed by atoms with Gasteiger partial charge in [-0.05, 0) is 25.8 Å². The summed E-state index contributed by atoms with van der Waals surface area (Å²) in [5.74, 6) is 2.50. The number of benzene rings is 1.